The Hall–Kier alpha value is -1.49. The summed E-state index contributed by atoms with van der Waals surface area (Å²) < 4.78 is 0. The summed E-state index contributed by atoms with van der Waals surface area (Å²) in [5.41, 5.74) is 0. The van der Waals surface area contributed by atoms with Crippen LogP contribution in [0.5, 0.6) is 0 Å². The summed E-state index contributed by atoms with van der Waals surface area (Å²) in [7, 11) is 0. The molecule has 0 aliphatic carbocycles. The second-order valence-electron chi connectivity index (χ2n) is 1.68. The average molecular weight is 193 g/mol. The van der Waals surface area contributed by atoms with Gasteiger partial charge in [0.05, 0.1) is 0 Å². The lowest BCUT2D eigenvalue weighted by Crippen LogP contribution is -1.97. The summed E-state index contributed by atoms with van der Waals surface area (Å²) in [5.74, 6) is -3.63. The summed E-state index contributed by atoms with van der Waals surface area (Å²) in [6, 6.07) is 0. The lowest BCUT2D eigenvalue weighted by Gasteiger charge is -1.91. The Bertz CT molecular complexity index is 265. The summed E-state index contributed by atoms with van der Waals surface area (Å²) in [4.78, 5) is 19.9. The summed E-state index contributed by atoms with van der Waals surface area (Å²) in [6.07, 6.45) is 1.25. The van der Waals surface area contributed by atoms with Crippen LogP contribution in [0.4, 0.5) is 0 Å². The van der Waals surface area contributed by atoms with Crippen LogP contribution in [0.3, 0.4) is 0 Å². The third kappa shape index (κ3) is 3.62. The van der Waals surface area contributed by atoms with Gasteiger partial charge in [-0.15, -0.1) is 0 Å². The molecule has 0 saturated heterocycles. The summed E-state index contributed by atoms with van der Waals surface area (Å²) >= 11 is 5.04. The number of aliphatic hydroxyl groups is 1. The van der Waals surface area contributed by atoms with Crippen LogP contribution in [0.1, 0.15) is 0 Å². The van der Waals surface area contributed by atoms with E-state index in [4.69, 9.17) is 26.9 Å². The van der Waals surface area contributed by atoms with E-state index in [-0.39, 0.29) is 0 Å². The topological polar surface area (TPSA) is 94.8 Å². The van der Waals surface area contributed by atoms with Crippen molar-refractivity contribution >= 4 is 23.5 Å². The molecular weight excluding hydrogens is 188 g/mol. The van der Waals surface area contributed by atoms with Crippen molar-refractivity contribution in [2.75, 3.05) is 0 Å². The van der Waals surface area contributed by atoms with Crippen molar-refractivity contribution in [2.45, 2.75) is 0 Å². The average Bonchev–Trinajstić information content (AvgIpc) is 1.98. The van der Waals surface area contributed by atoms with Crippen molar-refractivity contribution < 1.29 is 24.9 Å². The van der Waals surface area contributed by atoms with Gasteiger partial charge in [0.25, 0.3) is 0 Å². The molecular formula is C6H5ClO5. The number of aliphatic carboxylic acids is 2. The quantitative estimate of drug-likeness (QED) is 0.348. The van der Waals surface area contributed by atoms with E-state index in [1.54, 1.807) is 0 Å². The third-order valence-electron chi connectivity index (χ3n) is 0.796. The summed E-state index contributed by atoms with van der Waals surface area (Å²) in [5, 5.41) is 24.2. The molecule has 66 valence electrons. The number of carboxylic acids is 2. The largest absolute Gasteiger partial charge is 0.506 e. The molecule has 3 N–H and O–H groups in total. The van der Waals surface area contributed by atoms with E-state index in [0.717, 1.165) is 0 Å². The minimum Gasteiger partial charge on any atom is -0.506 e. The first-order valence-electron chi connectivity index (χ1n) is 2.68. The number of aliphatic hydroxyl groups excluding tert-OH is 1. The molecule has 0 radical (unpaired) electrons. The molecule has 0 spiro atoms. The van der Waals surface area contributed by atoms with Crippen molar-refractivity contribution in [1.29, 1.82) is 0 Å². The fourth-order valence-electron chi connectivity index (χ4n) is 0.333. The van der Waals surface area contributed by atoms with Crippen LogP contribution in [0.2, 0.25) is 0 Å². The van der Waals surface area contributed by atoms with Crippen LogP contribution < -0.4 is 0 Å². The van der Waals surface area contributed by atoms with E-state index < -0.39 is 22.7 Å². The van der Waals surface area contributed by atoms with Gasteiger partial charge in [-0.2, -0.15) is 0 Å². The molecule has 0 aromatic carbocycles. The number of rotatable bonds is 3. The van der Waals surface area contributed by atoms with Crippen LogP contribution in [-0.4, -0.2) is 27.3 Å². The molecule has 0 aromatic rings. The highest BCUT2D eigenvalue weighted by atomic mass is 35.5. The molecule has 6 heteroatoms. The van der Waals surface area contributed by atoms with Crippen molar-refractivity contribution in [2.24, 2.45) is 0 Å². The predicted octanol–water partition coefficient (Wildman–Crippen LogP) is 0.720. The number of carboxylic acid groups (broad SMARTS) is 2. The highest BCUT2D eigenvalue weighted by Crippen LogP contribution is 2.07. The Morgan fingerprint density at radius 2 is 1.58 bits per heavy atom. The fraction of sp³-hybridized carbons (Fsp3) is 0. The Morgan fingerprint density at radius 1 is 1.08 bits per heavy atom. The van der Waals surface area contributed by atoms with E-state index in [0.29, 0.717) is 12.2 Å². The maximum absolute atomic E-state index is 10.1. The fourth-order valence-corrected chi connectivity index (χ4v) is 0.396. The van der Waals surface area contributed by atoms with Gasteiger partial charge in [-0.1, -0.05) is 11.6 Å². The predicted molar refractivity (Wildman–Crippen MR) is 39.9 cm³/mol. The number of halogens is 1. The molecule has 0 rings (SSSR count). The molecule has 5 nitrogen and oxygen atoms in total. The monoisotopic (exact) mass is 192 g/mol. The molecule has 0 aliphatic heterocycles. The lowest BCUT2D eigenvalue weighted by atomic mass is 10.4. The first-order chi connectivity index (χ1) is 5.45. The van der Waals surface area contributed by atoms with E-state index in [2.05, 4.69) is 0 Å². The normalized spacial score (nSPS) is 12.8. The Balaban J connectivity index is 4.58. The van der Waals surface area contributed by atoms with Crippen molar-refractivity contribution in [3.05, 3.63) is 22.9 Å². The van der Waals surface area contributed by atoms with Gasteiger partial charge in [0, 0.05) is 6.08 Å². The standard InChI is InChI=1S/C6H5ClO5/c7-5(6(11)12)3(8)1-2-4(9)10/h1-2,8H,(H,9,10)(H,11,12)/b2-1+,5-3+. The van der Waals surface area contributed by atoms with Crippen LogP contribution >= 0.6 is 11.6 Å². The molecule has 12 heavy (non-hydrogen) atoms. The molecule has 0 bridgehead atoms. The summed E-state index contributed by atoms with van der Waals surface area (Å²) in [6.45, 7) is 0. The number of hydrogen-bond donors (Lipinski definition) is 3. The number of allylic oxidation sites excluding steroid dienone is 1. The number of hydrogen-bond acceptors (Lipinski definition) is 3. The van der Waals surface area contributed by atoms with E-state index >= 15 is 0 Å². The molecule has 0 unspecified atom stereocenters. The van der Waals surface area contributed by atoms with E-state index in [1.807, 2.05) is 0 Å². The van der Waals surface area contributed by atoms with Gasteiger partial charge >= 0.3 is 11.9 Å². The second kappa shape index (κ2) is 4.40. The maximum Gasteiger partial charge on any atom is 0.351 e. The van der Waals surface area contributed by atoms with Gasteiger partial charge in [0.1, 0.15) is 5.76 Å². The van der Waals surface area contributed by atoms with Gasteiger partial charge in [0.2, 0.25) is 0 Å². The highest BCUT2D eigenvalue weighted by molar-refractivity contribution is 6.41. The lowest BCUT2D eigenvalue weighted by molar-refractivity contribution is -0.133. The second-order valence-corrected chi connectivity index (χ2v) is 2.05. The van der Waals surface area contributed by atoms with Crippen LogP contribution in [-0.2, 0) is 9.59 Å². The molecule has 0 fully saturated rings. The van der Waals surface area contributed by atoms with Crippen molar-refractivity contribution in [3.63, 3.8) is 0 Å². The molecule has 0 heterocycles. The number of carbonyl (C=O) groups is 2. The Labute approximate surface area is 72.2 Å². The van der Waals surface area contributed by atoms with Crippen molar-refractivity contribution in [3.8, 4) is 0 Å². The molecule has 0 saturated carbocycles. The van der Waals surface area contributed by atoms with Crippen LogP contribution in [0, 0.1) is 0 Å². The zero-order chi connectivity index (χ0) is 9.72. The molecule has 0 aromatic heterocycles. The Kier molecular flexibility index (Phi) is 3.85. The molecule has 0 aliphatic rings. The van der Waals surface area contributed by atoms with Gasteiger partial charge in [0.15, 0.2) is 5.03 Å². The van der Waals surface area contributed by atoms with E-state index in [1.165, 1.54) is 0 Å². The zero-order valence-corrected chi connectivity index (χ0v) is 6.45. The molecule has 0 amide bonds. The van der Waals surface area contributed by atoms with E-state index in [9.17, 15) is 9.59 Å². The van der Waals surface area contributed by atoms with Crippen molar-refractivity contribution in [1.82, 2.24) is 0 Å². The SMILES string of the molecule is O=C(O)/C=C/C(O)=C(\Cl)C(=O)O. The minimum absolute atomic E-state index is 0.570. The van der Waals surface area contributed by atoms with Crippen LogP contribution in [0.25, 0.3) is 0 Å². The zero-order valence-electron chi connectivity index (χ0n) is 5.69. The molecule has 0 atom stereocenters. The van der Waals surface area contributed by atoms with Crippen LogP contribution in [0.15, 0.2) is 22.9 Å². The Morgan fingerprint density at radius 3 is 1.92 bits per heavy atom. The van der Waals surface area contributed by atoms with Gasteiger partial charge in [-0.3, -0.25) is 0 Å². The van der Waals surface area contributed by atoms with Gasteiger partial charge < -0.3 is 15.3 Å². The van der Waals surface area contributed by atoms with Gasteiger partial charge in [-0.05, 0) is 6.08 Å². The smallest absolute Gasteiger partial charge is 0.351 e. The highest BCUT2D eigenvalue weighted by Gasteiger charge is 2.07. The first kappa shape index (κ1) is 10.5. The minimum atomic E-state index is -1.52. The third-order valence-corrected chi connectivity index (χ3v) is 1.15. The maximum atomic E-state index is 10.1. The first-order valence-corrected chi connectivity index (χ1v) is 3.06. The van der Waals surface area contributed by atoms with Gasteiger partial charge in [-0.25, -0.2) is 9.59 Å².